The van der Waals surface area contributed by atoms with Gasteiger partial charge in [0.05, 0.1) is 20.5 Å². The van der Waals surface area contributed by atoms with E-state index in [9.17, 15) is 0 Å². The van der Waals surface area contributed by atoms with Gasteiger partial charge in [-0.2, -0.15) is 4.67 Å². The summed E-state index contributed by atoms with van der Waals surface area (Å²) in [5.74, 6) is 0. The Balaban J connectivity index is 4.93. The summed E-state index contributed by atoms with van der Waals surface area (Å²) in [4.78, 5) is 0. The predicted molar refractivity (Wildman–Crippen MR) is 67.3 cm³/mol. The first-order valence-corrected chi connectivity index (χ1v) is 9.56. The van der Waals surface area contributed by atoms with E-state index in [1.165, 1.54) is 0 Å². The van der Waals surface area contributed by atoms with E-state index in [0.717, 1.165) is 0 Å². The predicted octanol–water partition coefficient (Wildman–Crippen LogP) is 2.59. The fourth-order valence-electron chi connectivity index (χ4n) is 0.696. The van der Waals surface area contributed by atoms with Crippen LogP contribution in [0.2, 0.25) is 0 Å². The average Bonchev–Trinajstić information content (AvgIpc) is 1.83. The summed E-state index contributed by atoms with van der Waals surface area (Å²) in [5, 5.41) is 0. The van der Waals surface area contributed by atoms with Gasteiger partial charge in [-0.05, 0) is 27.4 Å². The molecule has 0 saturated heterocycles. The summed E-state index contributed by atoms with van der Waals surface area (Å²) < 4.78 is 9.54. The highest BCUT2D eigenvalue weighted by Gasteiger charge is 2.30. The molecule has 0 aliphatic heterocycles. The van der Waals surface area contributed by atoms with E-state index in [-0.39, 0.29) is 0 Å². The maximum atomic E-state index is 5.01. The zero-order chi connectivity index (χ0) is 10.9. The van der Waals surface area contributed by atoms with E-state index in [1.54, 1.807) is 0 Å². The smallest absolute Gasteiger partial charge is 0.195 e. The maximum absolute atomic E-state index is 5.01. The van der Waals surface area contributed by atoms with E-state index in [4.69, 9.17) is 4.52 Å². The van der Waals surface area contributed by atoms with E-state index in [0.29, 0.717) is 0 Å². The molecule has 0 bridgehead atoms. The molecule has 0 unspecified atom stereocenters. The van der Waals surface area contributed by atoms with Crippen LogP contribution < -0.4 is 0 Å². The first-order valence-electron chi connectivity index (χ1n) is 4.38. The Morgan fingerprint density at radius 3 is 1.62 bits per heavy atom. The molecular weight excluding hydrogens is 200 g/mol. The zero-order valence-electron chi connectivity index (χ0n) is 10.2. The van der Waals surface area contributed by atoms with Crippen molar-refractivity contribution in [3.8, 4) is 0 Å². The largest absolute Gasteiger partial charge is 0.273 e. The van der Waals surface area contributed by atoms with Crippen molar-refractivity contribution in [1.29, 1.82) is 0 Å². The zero-order valence-corrected chi connectivity index (χ0v) is 12.0. The molecule has 0 amide bonds. The molecule has 0 heterocycles. The Kier molecular flexibility index (Phi) is 4.60. The molecule has 0 atom stereocenters. The lowest BCUT2D eigenvalue weighted by molar-refractivity contribution is 0.660. The van der Waals surface area contributed by atoms with E-state index < -0.39 is 14.8 Å². The van der Waals surface area contributed by atoms with Gasteiger partial charge in [0.1, 0.15) is 0 Å². The molecule has 0 N–H and O–H groups in total. The summed E-state index contributed by atoms with van der Waals surface area (Å²) in [5.41, 5.74) is 0. The van der Waals surface area contributed by atoms with Gasteiger partial charge in [-0.3, -0.25) is 4.67 Å². The second kappa shape index (κ2) is 4.40. The summed E-state index contributed by atoms with van der Waals surface area (Å²) in [6, 6.07) is 0. The summed E-state index contributed by atoms with van der Waals surface area (Å²) in [6.45, 7) is 9.05. The maximum Gasteiger partial charge on any atom is 0.195 e. The first kappa shape index (κ1) is 13.6. The van der Waals surface area contributed by atoms with Gasteiger partial charge in [-0.1, -0.05) is 0 Å². The highest BCUT2D eigenvalue weighted by Crippen LogP contribution is 2.63. The van der Waals surface area contributed by atoms with Gasteiger partial charge in [-0.15, -0.1) is 4.52 Å². The van der Waals surface area contributed by atoms with Crippen LogP contribution in [0.5, 0.6) is 0 Å². The molecule has 0 spiro atoms. The van der Waals surface area contributed by atoms with Crippen LogP contribution in [0, 0.1) is 0 Å². The quantitative estimate of drug-likeness (QED) is 0.686. The van der Waals surface area contributed by atoms with Gasteiger partial charge in [-0.25, -0.2) is 0 Å². The summed E-state index contributed by atoms with van der Waals surface area (Å²) in [7, 11) is 6.02. The summed E-state index contributed by atoms with van der Waals surface area (Å²) >= 11 is 0. The lowest BCUT2D eigenvalue weighted by Gasteiger charge is -2.27. The SMILES string of the molecule is CN(C)P(C)(C)=N[P+](C)(C)N(C)C. The number of hydrogen-bond acceptors (Lipinski definition) is 2. The van der Waals surface area contributed by atoms with Crippen LogP contribution in [-0.2, 0) is 0 Å². The minimum absolute atomic E-state index is 1.22. The lowest BCUT2D eigenvalue weighted by Crippen LogP contribution is -2.13. The molecule has 0 aromatic carbocycles. The third-order valence-electron chi connectivity index (χ3n) is 2.40. The topological polar surface area (TPSA) is 18.8 Å². The van der Waals surface area contributed by atoms with Crippen molar-refractivity contribution in [1.82, 2.24) is 9.34 Å². The van der Waals surface area contributed by atoms with Crippen molar-refractivity contribution in [2.45, 2.75) is 0 Å². The number of hydrogen-bond donors (Lipinski definition) is 0. The molecule has 0 rings (SSSR count). The van der Waals surface area contributed by atoms with Gasteiger partial charge in [0.25, 0.3) is 0 Å². The van der Waals surface area contributed by atoms with E-state index in [1.807, 2.05) is 0 Å². The third kappa shape index (κ3) is 4.08. The molecule has 3 nitrogen and oxygen atoms in total. The fraction of sp³-hybridized carbons (Fsp3) is 1.00. The molecule has 13 heavy (non-hydrogen) atoms. The second-order valence-corrected chi connectivity index (χ2v) is 12.1. The van der Waals surface area contributed by atoms with Crippen LogP contribution in [0.1, 0.15) is 0 Å². The Morgan fingerprint density at radius 2 is 1.38 bits per heavy atom. The van der Waals surface area contributed by atoms with Crippen LogP contribution in [0.25, 0.3) is 0 Å². The Hall–Kier alpha value is 0.580. The third-order valence-corrected chi connectivity index (χ3v) is 9.81. The van der Waals surface area contributed by atoms with Crippen molar-refractivity contribution in [2.24, 2.45) is 4.52 Å². The van der Waals surface area contributed by atoms with Crippen molar-refractivity contribution in [3.63, 3.8) is 0 Å². The molecule has 0 saturated carbocycles. The summed E-state index contributed by atoms with van der Waals surface area (Å²) in [6.07, 6.45) is 0. The normalized spacial score (nSPS) is 14.0. The molecule has 0 radical (unpaired) electrons. The molecule has 0 aromatic heterocycles. The van der Waals surface area contributed by atoms with Crippen LogP contribution in [0.4, 0.5) is 0 Å². The van der Waals surface area contributed by atoms with Crippen LogP contribution in [-0.4, -0.2) is 64.2 Å². The number of rotatable bonds is 3. The molecule has 0 fully saturated rings. The van der Waals surface area contributed by atoms with E-state index in [2.05, 4.69) is 64.2 Å². The van der Waals surface area contributed by atoms with Crippen molar-refractivity contribution < 1.29 is 0 Å². The first-order chi connectivity index (χ1) is 5.59. The van der Waals surface area contributed by atoms with Crippen LogP contribution >= 0.6 is 14.8 Å². The van der Waals surface area contributed by atoms with Crippen molar-refractivity contribution in [2.75, 3.05) is 54.8 Å². The van der Waals surface area contributed by atoms with Crippen molar-refractivity contribution >= 4 is 14.8 Å². The molecule has 0 aromatic rings. The number of nitrogens with zero attached hydrogens (tertiary/aromatic N) is 3. The second-order valence-electron chi connectivity index (χ2n) is 4.46. The van der Waals surface area contributed by atoms with Gasteiger partial charge in [0.2, 0.25) is 0 Å². The molecule has 0 aliphatic carbocycles. The Bertz CT molecular complexity index is 215. The molecule has 0 aliphatic rings. The standard InChI is InChI=1S/C8H24N3P2/c1-10(2)12(5,6)9-13(7,8)11(3)4/h1-8H3/q+1. The minimum Gasteiger partial charge on any atom is -0.273 e. The Morgan fingerprint density at radius 1 is 1.00 bits per heavy atom. The van der Waals surface area contributed by atoms with Crippen LogP contribution in [0.15, 0.2) is 4.52 Å². The van der Waals surface area contributed by atoms with Gasteiger partial charge in [0.15, 0.2) is 7.56 Å². The Labute approximate surface area is 84.1 Å². The monoisotopic (exact) mass is 224 g/mol. The molecular formula is C8H24N3P2+. The highest BCUT2D eigenvalue weighted by atomic mass is 31.2. The molecule has 80 valence electrons. The fourth-order valence-corrected chi connectivity index (χ4v) is 6.26. The van der Waals surface area contributed by atoms with Gasteiger partial charge in [0, 0.05) is 14.1 Å². The average molecular weight is 224 g/mol. The van der Waals surface area contributed by atoms with Crippen molar-refractivity contribution in [3.05, 3.63) is 0 Å². The highest BCUT2D eigenvalue weighted by molar-refractivity contribution is 7.78. The minimum atomic E-state index is -1.22. The van der Waals surface area contributed by atoms with Gasteiger partial charge >= 0.3 is 0 Å². The van der Waals surface area contributed by atoms with Crippen LogP contribution in [0.3, 0.4) is 0 Å². The lowest BCUT2D eigenvalue weighted by atomic mass is 11.3. The van der Waals surface area contributed by atoms with E-state index >= 15 is 0 Å². The van der Waals surface area contributed by atoms with Gasteiger partial charge < -0.3 is 0 Å². The molecule has 5 heteroatoms.